The predicted octanol–water partition coefficient (Wildman–Crippen LogP) is 3.35. The summed E-state index contributed by atoms with van der Waals surface area (Å²) in [6.45, 7) is 3.71. The molecule has 0 amide bonds. The monoisotopic (exact) mass is 333 g/mol. The van der Waals surface area contributed by atoms with Gasteiger partial charge in [0.05, 0.1) is 11.0 Å². The summed E-state index contributed by atoms with van der Waals surface area (Å²) in [6.07, 6.45) is 2.06. The van der Waals surface area contributed by atoms with E-state index in [1.165, 1.54) is 23.0 Å². The molecule has 23 heavy (non-hydrogen) atoms. The lowest BCUT2D eigenvalue weighted by Gasteiger charge is -2.11. The summed E-state index contributed by atoms with van der Waals surface area (Å²) >= 11 is 5.89. The number of nitro benzene ring substituents is 1. The van der Waals surface area contributed by atoms with E-state index >= 15 is 0 Å². The first-order chi connectivity index (χ1) is 11.0. The van der Waals surface area contributed by atoms with Gasteiger partial charge in [0.1, 0.15) is 17.1 Å². The van der Waals surface area contributed by atoms with Crippen LogP contribution < -0.4 is 4.74 Å². The largest absolute Gasteiger partial charge is 0.438 e. The maximum Gasteiger partial charge on any atom is 0.291 e. The summed E-state index contributed by atoms with van der Waals surface area (Å²) in [5.74, 6) is 1.11. The first-order valence-corrected chi connectivity index (χ1v) is 7.19. The van der Waals surface area contributed by atoms with Crippen molar-refractivity contribution >= 4 is 23.1 Å². The van der Waals surface area contributed by atoms with Crippen LogP contribution in [0, 0.1) is 17.0 Å². The quantitative estimate of drug-likeness (QED) is 0.536. The molecule has 8 nitrogen and oxygen atoms in total. The highest BCUT2D eigenvalue weighted by Crippen LogP contribution is 2.34. The molecule has 0 atom stereocenters. The highest BCUT2D eigenvalue weighted by atomic mass is 35.5. The topological polar surface area (TPSA) is 95.5 Å². The molecule has 0 saturated heterocycles. The molecule has 9 heteroatoms. The predicted molar refractivity (Wildman–Crippen MR) is 83.1 cm³/mol. The van der Waals surface area contributed by atoms with Crippen LogP contribution in [-0.4, -0.2) is 24.5 Å². The molecule has 1 aromatic carbocycles. The van der Waals surface area contributed by atoms with Crippen LogP contribution in [0.2, 0.25) is 5.02 Å². The van der Waals surface area contributed by atoms with Gasteiger partial charge in [-0.15, -0.1) is 0 Å². The summed E-state index contributed by atoms with van der Waals surface area (Å²) in [4.78, 5) is 18.8. The molecule has 2 heterocycles. The lowest BCUT2D eigenvalue weighted by Crippen LogP contribution is -2.02. The molecule has 3 rings (SSSR count). The molecule has 0 bridgehead atoms. The van der Waals surface area contributed by atoms with Crippen molar-refractivity contribution in [3.8, 4) is 11.6 Å². The lowest BCUT2D eigenvalue weighted by molar-refractivity contribution is -0.384. The molecule has 0 aliphatic carbocycles. The van der Waals surface area contributed by atoms with E-state index in [1.807, 2.05) is 6.92 Å². The van der Waals surface area contributed by atoms with E-state index in [9.17, 15) is 10.1 Å². The number of ether oxygens (including phenoxy) is 1. The van der Waals surface area contributed by atoms with Crippen LogP contribution in [0.5, 0.6) is 11.6 Å². The Bertz CT molecular complexity index is 909. The molecule has 0 saturated carbocycles. The van der Waals surface area contributed by atoms with E-state index in [1.54, 1.807) is 13.0 Å². The third-order valence-corrected chi connectivity index (χ3v) is 3.59. The van der Waals surface area contributed by atoms with Gasteiger partial charge in [0.2, 0.25) is 5.88 Å². The molecule has 118 valence electrons. The maximum atomic E-state index is 11.0. The van der Waals surface area contributed by atoms with Crippen LogP contribution in [-0.2, 0) is 6.42 Å². The number of hydrogen-bond acceptors (Lipinski definition) is 6. The van der Waals surface area contributed by atoms with Gasteiger partial charge in [0.25, 0.3) is 11.5 Å². The third kappa shape index (κ3) is 2.80. The molecular formula is C14H12ClN5O3. The Balaban J connectivity index is 2.10. The number of rotatable bonds is 4. The number of hydrogen-bond donors (Lipinski definition) is 0. The highest BCUT2D eigenvalue weighted by Gasteiger charge is 2.18. The van der Waals surface area contributed by atoms with Gasteiger partial charge in [-0.25, -0.2) is 4.98 Å². The zero-order valence-corrected chi connectivity index (χ0v) is 13.1. The number of nitrogens with zero attached hydrogens (tertiary/aromatic N) is 5. The number of nitro groups is 1. The number of halogens is 1. The van der Waals surface area contributed by atoms with E-state index in [-0.39, 0.29) is 10.7 Å². The molecule has 0 aliphatic heterocycles. The fraction of sp³-hybridized carbons (Fsp3) is 0.214. The molecule has 0 aliphatic rings. The molecule has 0 fully saturated rings. The fourth-order valence-corrected chi connectivity index (χ4v) is 2.38. The van der Waals surface area contributed by atoms with Crippen molar-refractivity contribution in [2.45, 2.75) is 20.3 Å². The fourth-order valence-electron chi connectivity index (χ4n) is 2.09. The van der Waals surface area contributed by atoms with E-state index < -0.39 is 4.92 Å². The Hall–Kier alpha value is -2.74. The molecule has 0 radical (unpaired) electrons. The lowest BCUT2D eigenvalue weighted by atomic mass is 10.2. The van der Waals surface area contributed by atoms with Crippen LogP contribution >= 0.6 is 11.6 Å². The molecule has 0 N–H and O–H groups in total. The maximum absolute atomic E-state index is 11.0. The van der Waals surface area contributed by atoms with Gasteiger partial charge in [-0.05, 0) is 25.0 Å². The molecule has 0 unspecified atom stereocenters. The summed E-state index contributed by atoms with van der Waals surface area (Å²) in [7, 11) is 0. The van der Waals surface area contributed by atoms with Gasteiger partial charge < -0.3 is 4.74 Å². The minimum atomic E-state index is -0.552. The first-order valence-electron chi connectivity index (χ1n) is 6.81. The van der Waals surface area contributed by atoms with Crippen LogP contribution in [0.25, 0.3) is 5.78 Å². The molecule has 2 aromatic heterocycles. The Morgan fingerprint density at radius 2 is 2.17 bits per heavy atom. The molecule has 3 aromatic rings. The molecule has 0 spiro atoms. The van der Waals surface area contributed by atoms with Crippen LogP contribution in [0.1, 0.15) is 18.2 Å². The Labute approximate surface area is 135 Å². The van der Waals surface area contributed by atoms with E-state index in [0.29, 0.717) is 29.4 Å². The van der Waals surface area contributed by atoms with Crippen molar-refractivity contribution in [3.63, 3.8) is 0 Å². The van der Waals surface area contributed by atoms with Crippen LogP contribution in [0.15, 0.2) is 24.5 Å². The smallest absolute Gasteiger partial charge is 0.291 e. The standard InChI is InChI=1S/C14H12ClN5O3/c1-3-9-5-13(19-14(18-9)16-7-17-19)23-12-6-11(20(21)22)10(15)4-8(12)2/h4-7H,3H2,1-2H3. The highest BCUT2D eigenvalue weighted by molar-refractivity contribution is 6.32. The summed E-state index contributed by atoms with van der Waals surface area (Å²) < 4.78 is 7.26. The van der Waals surface area contributed by atoms with Crippen molar-refractivity contribution in [2.24, 2.45) is 0 Å². The number of aromatic nitrogens is 4. The van der Waals surface area contributed by atoms with Gasteiger partial charge in [0, 0.05) is 11.8 Å². The van der Waals surface area contributed by atoms with Crippen molar-refractivity contribution in [1.29, 1.82) is 0 Å². The zero-order chi connectivity index (χ0) is 16.6. The average Bonchev–Trinajstić information content (AvgIpc) is 2.97. The second-order valence-corrected chi connectivity index (χ2v) is 5.25. The van der Waals surface area contributed by atoms with Gasteiger partial charge >= 0.3 is 0 Å². The minimum absolute atomic E-state index is 0.0646. The van der Waals surface area contributed by atoms with Crippen molar-refractivity contribution in [2.75, 3.05) is 0 Å². The number of benzene rings is 1. The third-order valence-electron chi connectivity index (χ3n) is 3.29. The van der Waals surface area contributed by atoms with E-state index in [4.69, 9.17) is 16.3 Å². The van der Waals surface area contributed by atoms with E-state index in [2.05, 4.69) is 15.1 Å². The first kappa shape index (κ1) is 15.2. The minimum Gasteiger partial charge on any atom is -0.438 e. The van der Waals surface area contributed by atoms with Crippen molar-refractivity contribution in [3.05, 3.63) is 50.9 Å². The summed E-state index contributed by atoms with van der Waals surface area (Å²) in [5, 5.41) is 15.2. The normalized spacial score (nSPS) is 10.9. The van der Waals surface area contributed by atoms with Gasteiger partial charge in [-0.3, -0.25) is 10.1 Å². The number of aryl methyl sites for hydroxylation is 2. The van der Waals surface area contributed by atoms with Crippen molar-refractivity contribution in [1.82, 2.24) is 19.6 Å². The Morgan fingerprint density at radius 1 is 1.39 bits per heavy atom. The second-order valence-electron chi connectivity index (χ2n) is 4.84. The second kappa shape index (κ2) is 5.81. The Kier molecular flexibility index (Phi) is 3.83. The number of fused-ring (bicyclic) bond motifs is 1. The van der Waals surface area contributed by atoms with Gasteiger partial charge in [0.15, 0.2) is 0 Å². The van der Waals surface area contributed by atoms with E-state index in [0.717, 1.165) is 5.69 Å². The SMILES string of the molecule is CCc1cc(Oc2cc([N+](=O)[O-])c(Cl)cc2C)n2ncnc2n1. The zero-order valence-electron chi connectivity index (χ0n) is 12.4. The van der Waals surface area contributed by atoms with Gasteiger partial charge in [-0.2, -0.15) is 14.6 Å². The summed E-state index contributed by atoms with van der Waals surface area (Å²) in [6, 6.07) is 4.52. The van der Waals surface area contributed by atoms with Crippen LogP contribution in [0.3, 0.4) is 0 Å². The van der Waals surface area contributed by atoms with Gasteiger partial charge in [-0.1, -0.05) is 18.5 Å². The van der Waals surface area contributed by atoms with Crippen LogP contribution in [0.4, 0.5) is 5.69 Å². The average molecular weight is 334 g/mol. The molecular weight excluding hydrogens is 322 g/mol. The van der Waals surface area contributed by atoms with Crippen molar-refractivity contribution < 1.29 is 9.66 Å². The Morgan fingerprint density at radius 3 is 2.87 bits per heavy atom. The summed E-state index contributed by atoms with van der Waals surface area (Å²) in [5.41, 5.74) is 1.23.